The summed E-state index contributed by atoms with van der Waals surface area (Å²) in [5.74, 6) is -0.337. The minimum Gasteiger partial charge on any atom is -0.314 e. The second-order valence-corrected chi connectivity index (χ2v) is 5.38. The molecule has 1 saturated carbocycles. The van der Waals surface area contributed by atoms with E-state index in [2.05, 4.69) is 21.2 Å². The second kappa shape index (κ2) is 5.44. The Balaban J connectivity index is 2.18. The first-order chi connectivity index (χ1) is 8.13. The molecule has 1 atom stereocenters. The third-order valence-electron chi connectivity index (χ3n) is 3.22. The summed E-state index contributed by atoms with van der Waals surface area (Å²) in [5.41, 5.74) is 0.192. The summed E-state index contributed by atoms with van der Waals surface area (Å²) >= 11 is 3.10. The summed E-state index contributed by atoms with van der Waals surface area (Å²) in [6, 6.07) is 2.92. The van der Waals surface area contributed by atoms with Crippen LogP contribution in [-0.2, 0) is 6.42 Å². The van der Waals surface area contributed by atoms with Crippen molar-refractivity contribution in [1.29, 1.82) is 0 Å². The van der Waals surface area contributed by atoms with E-state index in [1.165, 1.54) is 12.1 Å². The SMILES string of the molecule is CCNC(Cc1c(F)ccc(Br)c1F)C1CC1. The highest BCUT2D eigenvalue weighted by molar-refractivity contribution is 9.10. The zero-order valence-electron chi connectivity index (χ0n) is 9.77. The third kappa shape index (κ3) is 3.05. The number of nitrogens with one attached hydrogen (secondary N) is 1. The van der Waals surface area contributed by atoms with Crippen molar-refractivity contribution in [3.05, 3.63) is 33.8 Å². The molecule has 1 nitrogen and oxygen atoms in total. The fraction of sp³-hybridized carbons (Fsp3) is 0.538. The first-order valence-corrected chi connectivity index (χ1v) is 6.78. The molecule has 4 heteroatoms. The molecule has 0 heterocycles. The smallest absolute Gasteiger partial charge is 0.143 e. The van der Waals surface area contributed by atoms with E-state index in [9.17, 15) is 8.78 Å². The van der Waals surface area contributed by atoms with Crippen LogP contribution in [0.3, 0.4) is 0 Å². The predicted molar refractivity (Wildman–Crippen MR) is 68.0 cm³/mol. The van der Waals surface area contributed by atoms with E-state index in [4.69, 9.17) is 0 Å². The standard InChI is InChI=1S/C13H16BrF2N/c1-2-17-12(8-3-4-8)7-9-11(15)6-5-10(14)13(9)16/h5-6,8,12,17H,2-4,7H2,1H3. The third-order valence-corrected chi connectivity index (χ3v) is 3.83. The van der Waals surface area contributed by atoms with Crippen LogP contribution in [0.4, 0.5) is 8.78 Å². The topological polar surface area (TPSA) is 12.0 Å². The van der Waals surface area contributed by atoms with Crippen molar-refractivity contribution in [1.82, 2.24) is 5.32 Å². The van der Waals surface area contributed by atoms with Crippen molar-refractivity contribution in [3.8, 4) is 0 Å². The maximum atomic E-state index is 13.8. The summed E-state index contributed by atoms with van der Waals surface area (Å²) in [5, 5.41) is 3.32. The van der Waals surface area contributed by atoms with Crippen molar-refractivity contribution < 1.29 is 8.78 Å². The van der Waals surface area contributed by atoms with Gasteiger partial charge in [-0.3, -0.25) is 0 Å². The van der Waals surface area contributed by atoms with Crippen LogP contribution in [0.15, 0.2) is 16.6 Å². The molecule has 17 heavy (non-hydrogen) atoms. The molecule has 0 radical (unpaired) electrons. The Kier molecular flexibility index (Phi) is 4.15. The van der Waals surface area contributed by atoms with E-state index >= 15 is 0 Å². The van der Waals surface area contributed by atoms with Crippen LogP contribution in [0, 0.1) is 17.6 Å². The Bertz CT molecular complexity index is 405. The summed E-state index contributed by atoms with van der Waals surface area (Å²) in [6.45, 7) is 2.85. The molecule has 0 aromatic heterocycles. The molecule has 0 saturated heterocycles. The van der Waals surface area contributed by atoms with Gasteiger partial charge in [0, 0.05) is 11.6 Å². The number of halogens is 3. The van der Waals surface area contributed by atoms with Crippen LogP contribution in [0.1, 0.15) is 25.3 Å². The first kappa shape index (κ1) is 13.0. The van der Waals surface area contributed by atoms with Crippen LogP contribution in [0.25, 0.3) is 0 Å². The average molecular weight is 304 g/mol. The van der Waals surface area contributed by atoms with E-state index in [0.29, 0.717) is 16.8 Å². The number of benzene rings is 1. The Morgan fingerprint density at radius 3 is 2.71 bits per heavy atom. The molecule has 1 N–H and O–H groups in total. The molecule has 0 aliphatic heterocycles. The summed E-state index contributed by atoms with van der Waals surface area (Å²) in [4.78, 5) is 0. The van der Waals surface area contributed by atoms with Gasteiger partial charge in [-0.2, -0.15) is 0 Å². The fourth-order valence-corrected chi connectivity index (χ4v) is 2.51. The van der Waals surface area contributed by atoms with Gasteiger partial charge in [0.2, 0.25) is 0 Å². The number of hydrogen-bond donors (Lipinski definition) is 1. The van der Waals surface area contributed by atoms with E-state index < -0.39 is 11.6 Å². The molecule has 1 unspecified atom stereocenters. The van der Waals surface area contributed by atoms with Gasteiger partial charge in [-0.15, -0.1) is 0 Å². The Labute approximate surface area is 109 Å². The molecule has 1 aromatic carbocycles. The minimum absolute atomic E-state index is 0.192. The molecular formula is C13H16BrF2N. The van der Waals surface area contributed by atoms with Crippen molar-refractivity contribution in [2.45, 2.75) is 32.2 Å². The van der Waals surface area contributed by atoms with Gasteiger partial charge in [0.05, 0.1) is 4.47 Å². The maximum Gasteiger partial charge on any atom is 0.143 e. The second-order valence-electron chi connectivity index (χ2n) is 4.53. The zero-order valence-corrected chi connectivity index (χ0v) is 11.4. The fourth-order valence-electron chi connectivity index (χ4n) is 2.14. The lowest BCUT2D eigenvalue weighted by Gasteiger charge is -2.18. The van der Waals surface area contributed by atoms with E-state index in [1.807, 2.05) is 6.92 Å². The van der Waals surface area contributed by atoms with Gasteiger partial charge < -0.3 is 5.32 Å². The average Bonchev–Trinajstić information content (AvgIpc) is 3.12. The molecule has 0 bridgehead atoms. The molecule has 1 aliphatic carbocycles. The molecule has 2 rings (SSSR count). The lowest BCUT2D eigenvalue weighted by molar-refractivity contribution is 0.448. The molecule has 0 amide bonds. The normalized spacial score (nSPS) is 17.2. The molecule has 1 fully saturated rings. The minimum atomic E-state index is -0.464. The van der Waals surface area contributed by atoms with Crippen molar-refractivity contribution >= 4 is 15.9 Å². The van der Waals surface area contributed by atoms with Crippen LogP contribution in [-0.4, -0.2) is 12.6 Å². The molecule has 94 valence electrons. The van der Waals surface area contributed by atoms with Gasteiger partial charge in [-0.05, 0) is 59.8 Å². The maximum absolute atomic E-state index is 13.8. The van der Waals surface area contributed by atoms with Gasteiger partial charge in [-0.25, -0.2) is 8.78 Å². The van der Waals surface area contributed by atoms with Crippen LogP contribution < -0.4 is 5.32 Å². The lowest BCUT2D eigenvalue weighted by Crippen LogP contribution is -2.33. The molecule has 1 aliphatic rings. The van der Waals surface area contributed by atoms with Gasteiger partial charge >= 0.3 is 0 Å². The Morgan fingerprint density at radius 1 is 1.41 bits per heavy atom. The summed E-state index contributed by atoms with van der Waals surface area (Å²) < 4.78 is 27.8. The van der Waals surface area contributed by atoms with Gasteiger partial charge in [-0.1, -0.05) is 6.92 Å². The zero-order chi connectivity index (χ0) is 12.4. The molecule has 0 spiro atoms. The van der Waals surface area contributed by atoms with Crippen molar-refractivity contribution in [2.24, 2.45) is 5.92 Å². The van der Waals surface area contributed by atoms with Crippen LogP contribution >= 0.6 is 15.9 Å². The Hall–Kier alpha value is -0.480. The summed E-state index contributed by atoms with van der Waals surface area (Å²) in [7, 11) is 0. The predicted octanol–water partition coefficient (Wildman–Crippen LogP) is 3.66. The quantitative estimate of drug-likeness (QED) is 0.819. The van der Waals surface area contributed by atoms with Crippen LogP contribution in [0.5, 0.6) is 0 Å². The highest BCUT2D eigenvalue weighted by Gasteiger charge is 2.32. The highest BCUT2D eigenvalue weighted by atomic mass is 79.9. The molecule has 1 aromatic rings. The van der Waals surface area contributed by atoms with E-state index in [1.54, 1.807) is 0 Å². The van der Waals surface area contributed by atoms with Crippen molar-refractivity contribution in [2.75, 3.05) is 6.54 Å². The van der Waals surface area contributed by atoms with Crippen molar-refractivity contribution in [3.63, 3.8) is 0 Å². The van der Waals surface area contributed by atoms with Gasteiger partial charge in [0.25, 0.3) is 0 Å². The van der Waals surface area contributed by atoms with Crippen LogP contribution in [0.2, 0.25) is 0 Å². The van der Waals surface area contributed by atoms with E-state index in [0.717, 1.165) is 19.4 Å². The summed E-state index contributed by atoms with van der Waals surface area (Å²) in [6.07, 6.45) is 2.75. The largest absolute Gasteiger partial charge is 0.314 e. The monoisotopic (exact) mass is 303 g/mol. The lowest BCUT2D eigenvalue weighted by atomic mass is 10.0. The molecular weight excluding hydrogens is 288 g/mol. The number of hydrogen-bond acceptors (Lipinski definition) is 1. The highest BCUT2D eigenvalue weighted by Crippen LogP contribution is 2.35. The van der Waals surface area contributed by atoms with Gasteiger partial charge in [0.15, 0.2) is 0 Å². The van der Waals surface area contributed by atoms with Gasteiger partial charge in [0.1, 0.15) is 11.6 Å². The number of rotatable bonds is 5. The Morgan fingerprint density at radius 2 is 2.12 bits per heavy atom. The number of likely N-dealkylation sites (N-methyl/N-ethyl adjacent to an activating group) is 1. The van der Waals surface area contributed by atoms with E-state index in [-0.39, 0.29) is 11.6 Å². The first-order valence-electron chi connectivity index (χ1n) is 5.99.